The molecule has 0 spiro atoms. The first-order chi connectivity index (χ1) is 9.92. The van der Waals surface area contributed by atoms with E-state index in [0.717, 1.165) is 0 Å². The lowest BCUT2D eigenvalue weighted by molar-refractivity contribution is 0.0600. The molecule has 0 aliphatic carbocycles. The number of sulfonamides is 1. The highest BCUT2D eigenvalue weighted by atomic mass is 35.5. The second kappa shape index (κ2) is 8.33. The zero-order valence-electron chi connectivity index (χ0n) is 11.9. The van der Waals surface area contributed by atoms with Gasteiger partial charge in [-0.3, -0.25) is 0 Å². The van der Waals surface area contributed by atoms with Gasteiger partial charge >= 0.3 is 5.97 Å². The van der Waals surface area contributed by atoms with Crippen molar-refractivity contribution in [2.45, 2.75) is 18.2 Å². The Morgan fingerprint density at radius 1 is 1.38 bits per heavy atom. The summed E-state index contributed by atoms with van der Waals surface area (Å²) in [7, 11) is -2.48. The molecule has 8 heteroatoms. The zero-order valence-corrected chi connectivity index (χ0v) is 13.5. The molecule has 0 fully saturated rings. The van der Waals surface area contributed by atoms with Gasteiger partial charge in [0.1, 0.15) is 4.90 Å². The number of rotatable bonds is 8. The molecule has 0 aliphatic heterocycles. The second-order valence-corrected chi connectivity index (χ2v) is 6.23. The van der Waals surface area contributed by atoms with Gasteiger partial charge in [-0.2, -0.15) is 0 Å². The SMILES string of the molecule is CCOCCCNS(=O)(=O)c1ccc(C(=O)OC)cc1Cl. The van der Waals surface area contributed by atoms with Crippen LogP contribution in [0.15, 0.2) is 23.1 Å². The highest BCUT2D eigenvalue weighted by Crippen LogP contribution is 2.22. The van der Waals surface area contributed by atoms with E-state index in [9.17, 15) is 13.2 Å². The third kappa shape index (κ3) is 5.28. The molecule has 0 atom stereocenters. The second-order valence-electron chi connectivity index (χ2n) is 4.09. The van der Waals surface area contributed by atoms with Gasteiger partial charge in [0.2, 0.25) is 10.0 Å². The van der Waals surface area contributed by atoms with Gasteiger partial charge in [-0.15, -0.1) is 0 Å². The fraction of sp³-hybridized carbons (Fsp3) is 0.462. The van der Waals surface area contributed by atoms with Crippen molar-refractivity contribution >= 4 is 27.6 Å². The highest BCUT2D eigenvalue weighted by molar-refractivity contribution is 7.89. The Morgan fingerprint density at radius 3 is 2.67 bits per heavy atom. The van der Waals surface area contributed by atoms with Gasteiger partial charge < -0.3 is 9.47 Å². The summed E-state index contributed by atoms with van der Waals surface area (Å²) in [6.07, 6.45) is 0.560. The Labute approximate surface area is 129 Å². The standard InChI is InChI=1S/C13H18ClNO5S/c1-3-20-8-4-7-15-21(17,18)12-6-5-10(9-11(12)14)13(16)19-2/h5-6,9,15H,3-4,7-8H2,1-2H3. The molecule has 0 radical (unpaired) electrons. The fourth-order valence-corrected chi connectivity index (χ4v) is 3.18. The summed E-state index contributed by atoms with van der Waals surface area (Å²) in [5, 5.41) is -0.0322. The van der Waals surface area contributed by atoms with E-state index in [0.29, 0.717) is 19.6 Å². The van der Waals surface area contributed by atoms with Crippen LogP contribution >= 0.6 is 11.6 Å². The van der Waals surface area contributed by atoms with Crippen LogP contribution in [0.1, 0.15) is 23.7 Å². The summed E-state index contributed by atoms with van der Waals surface area (Å²) < 4.78 is 36.3. The van der Waals surface area contributed by atoms with Crippen LogP contribution in [0.4, 0.5) is 0 Å². The molecule has 0 bridgehead atoms. The van der Waals surface area contributed by atoms with Crippen molar-refractivity contribution < 1.29 is 22.7 Å². The van der Waals surface area contributed by atoms with Crippen LogP contribution in [0.5, 0.6) is 0 Å². The molecule has 0 unspecified atom stereocenters. The van der Waals surface area contributed by atoms with E-state index in [-0.39, 0.29) is 22.0 Å². The predicted molar refractivity (Wildman–Crippen MR) is 79.1 cm³/mol. The van der Waals surface area contributed by atoms with Crippen LogP contribution < -0.4 is 4.72 Å². The Hall–Kier alpha value is -1.15. The van der Waals surface area contributed by atoms with Crippen LogP contribution in [-0.4, -0.2) is 41.3 Å². The molecule has 21 heavy (non-hydrogen) atoms. The molecule has 0 saturated carbocycles. The number of carbonyl (C=O) groups excluding carboxylic acids is 1. The van der Waals surface area contributed by atoms with E-state index >= 15 is 0 Å². The van der Waals surface area contributed by atoms with Crippen LogP contribution in [-0.2, 0) is 19.5 Å². The number of nitrogens with one attached hydrogen (secondary N) is 1. The van der Waals surface area contributed by atoms with E-state index in [2.05, 4.69) is 9.46 Å². The van der Waals surface area contributed by atoms with Gasteiger partial charge in [0.15, 0.2) is 0 Å². The summed E-state index contributed by atoms with van der Waals surface area (Å²) in [4.78, 5) is 11.3. The molecular weight excluding hydrogens is 318 g/mol. The molecule has 6 nitrogen and oxygen atoms in total. The molecule has 118 valence electrons. The van der Waals surface area contributed by atoms with Crippen molar-refractivity contribution in [1.29, 1.82) is 0 Å². The average molecular weight is 336 g/mol. The number of esters is 1. The van der Waals surface area contributed by atoms with E-state index < -0.39 is 16.0 Å². The Kier molecular flexibility index (Phi) is 7.10. The summed E-state index contributed by atoms with van der Waals surface area (Å²) >= 11 is 5.93. The number of methoxy groups -OCH3 is 1. The van der Waals surface area contributed by atoms with Crippen LogP contribution in [0.2, 0.25) is 5.02 Å². The highest BCUT2D eigenvalue weighted by Gasteiger charge is 2.19. The van der Waals surface area contributed by atoms with Crippen molar-refractivity contribution in [2.24, 2.45) is 0 Å². The van der Waals surface area contributed by atoms with Gasteiger partial charge in [0.25, 0.3) is 0 Å². The normalized spacial score (nSPS) is 11.4. The first kappa shape index (κ1) is 17.9. The van der Waals surface area contributed by atoms with E-state index in [1.54, 1.807) is 0 Å². The Morgan fingerprint density at radius 2 is 2.10 bits per heavy atom. The van der Waals surface area contributed by atoms with E-state index in [1.165, 1.54) is 25.3 Å². The number of halogens is 1. The summed E-state index contributed by atoms with van der Waals surface area (Å²) in [5.74, 6) is -0.578. The Balaban J connectivity index is 2.77. The molecule has 0 saturated heterocycles. The molecule has 0 aromatic heterocycles. The zero-order chi connectivity index (χ0) is 15.9. The number of ether oxygens (including phenoxy) is 2. The van der Waals surface area contributed by atoms with Gasteiger partial charge in [-0.1, -0.05) is 11.6 Å². The number of benzene rings is 1. The topological polar surface area (TPSA) is 81.7 Å². The van der Waals surface area contributed by atoms with Crippen LogP contribution in [0, 0.1) is 0 Å². The molecule has 1 aromatic carbocycles. The molecule has 0 heterocycles. The lowest BCUT2D eigenvalue weighted by atomic mass is 10.2. The van der Waals surface area contributed by atoms with Crippen molar-refractivity contribution in [3.63, 3.8) is 0 Å². The Bertz CT molecular complexity index is 588. The summed E-state index contributed by atoms with van der Waals surface area (Å²) in [6.45, 7) is 3.19. The van der Waals surface area contributed by atoms with Crippen LogP contribution in [0.3, 0.4) is 0 Å². The van der Waals surface area contributed by atoms with E-state index in [1.807, 2.05) is 6.92 Å². The average Bonchev–Trinajstić information content (AvgIpc) is 2.45. The molecular formula is C13H18ClNO5S. The van der Waals surface area contributed by atoms with Gasteiger partial charge in [0.05, 0.1) is 17.7 Å². The largest absolute Gasteiger partial charge is 0.465 e. The summed E-state index contributed by atoms with van der Waals surface area (Å²) in [5.41, 5.74) is 0.192. The fourth-order valence-electron chi connectivity index (χ4n) is 1.57. The maximum atomic E-state index is 12.1. The minimum absolute atomic E-state index is 0.0322. The van der Waals surface area contributed by atoms with Crippen molar-refractivity contribution in [3.05, 3.63) is 28.8 Å². The van der Waals surface area contributed by atoms with Crippen molar-refractivity contribution in [2.75, 3.05) is 26.9 Å². The van der Waals surface area contributed by atoms with Crippen molar-refractivity contribution in [1.82, 2.24) is 4.72 Å². The third-order valence-electron chi connectivity index (χ3n) is 2.60. The maximum absolute atomic E-state index is 12.1. The number of hydrogen-bond donors (Lipinski definition) is 1. The van der Waals surface area contributed by atoms with Crippen molar-refractivity contribution in [3.8, 4) is 0 Å². The smallest absolute Gasteiger partial charge is 0.337 e. The minimum Gasteiger partial charge on any atom is -0.465 e. The summed E-state index contributed by atoms with van der Waals surface area (Å²) in [6, 6.07) is 3.90. The molecule has 0 amide bonds. The third-order valence-corrected chi connectivity index (χ3v) is 4.55. The predicted octanol–water partition coefficient (Wildman–Crippen LogP) is 1.83. The molecule has 1 N–H and O–H groups in total. The molecule has 1 rings (SSSR count). The van der Waals surface area contributed by atoms with E-state index in [4.69, 9.17) is 16.3 Å². The maximum Gasteiger partial charge on any atom is 0.337 e. The lowest BCUT2D eigenvalue weighted by Crippen LogP contribution is -2.26. The first-order valence-corrected chi connectivity index (χ1v) is 8.23. The lowest BCUT2D eigenvalue weighted by Gasteiger charge is -2.09. The molecule has 0 aliphatic rings. The van der Waals surface area contributed by atoms with Gasteiger partial charge in [-0.25, -0.2) is 17.9 Å². The quantitative estimate of drug-likeness (QED) is 0.579. The first-order valence-electron chi connectivity index (χ1n) is 6.37. The minimum atomic E-state index is -3.72. The van der Waals surface area contributed by atoms with Gasteiger partial charge in [0, 0.05) is 19.8 Å². The molecule has 1 aromatic rings. The van der Waals surface area contributed by atoms with Crippen LogP contribution in [0.25, 0.3) is 0 Å². The monoisotopic (exact) mass is 335 g/mol. The number of hydrogen-bond acceptors (Lipinski definition) is 5. The van der Waals surface area contributed by atoms with Gasteiger partial charge in [-0.05, 0) is 31.5 Å². The number of carbonyl (C=O) groups is 1.